The Bertz CT molecular complexity index is 2630. The van der Waals surface area contributed by atoms with Crippen molar-refractivity contribution in [3.8, 4) is 11.3 Å². The van der Waals surface area contributed by atoms with Gasteiger partial charge in [0.25, 0.3) is 11.8 Å². The number of aromatic nitrogens is 4. The van der Waals surface area contributed by atoms with E-state index in [4.69, 9.17) is 10.1 Å². The number of urea groups is 1. The number of alkyl halides is 3. The molecule has 7 heterocycles. The monoisotopic (exact) mass is 847 g/mol. The summed E-state index contributed by atoms with van der Waals surface area (Å²) in [6.07, 6.45) is 3.92. The average molecular weight is 848 g/mol. The van der Waals surface area contributed by atoms with E-state index in [1.165, 1.54) is 10.7 Å². The van der Waals surface area contributed by atoms with Gasteiger partial charge < -0.3 is 15.5 Å². The number of carbonyl (C=O) groups is 3. The highest BCUT2D eigenvalue weighted by Crippen LogP contribution is 2.51. The van der Waals surface area contributed by atoms with Gasteiger partial charge in [0.2, 0.25) is 5.91 Å². The van der Waals surface area contributed by atoms with Gasteiger partial charge >= 0.3 is 6.03 Å². The van der Waals surface area contributed by atoms with Gasteiger partial charge in [-0.15, -0.1) is 5.10 Å². The summed E-state index contributed by atoms with van der Waals surface area (Å²) < 4.78 is 47.3. The van der Waals surface area contributed by atoms with Gasteiger partial charge in [-0.25, -0.2) is 27.5 Å². The number of fused-ring (bicyclic) bond motifs is 2. The topological polar surface area (TPSA) is 143 Å². The minimum Gasteiger partial charge on any atom is -0.385 e. The summed E-state index contributed by atoms with van der Waals surface area (Å²) >= 11 is 0. The number of amides is 4. The molecule has 0 bridgehead atoms. The number of nitrogens with one attached hydrogen (secondary N) is 3. The van der Waals surface area contributed by atoms with Crippen molar-refractivity contribution in [1.82, 2.24) is 40.0 Å². The lowest BCUT2D eigenvalue weighted by molar-refractivity contribution is -0.227. The predicted molar refractivity (Wildman–Crippen MR) is 228 cm³/mol. The van der Waals surface area contributed by atoms with E-state index < -0.39 is 35.5 Å². The van der Waals surface area contributed by atoms with Gasteiger partial charge in [-0.05, 0) is 79.3 Å². The Morgan fingerprint density at radius 3 is 2.45 bits per heavy atom. The van der Waals surface area contributed by atoms with Crippen molar-refractivity contribution >= 4 is 46.4 Å². The second-order valence-electron chi connectivity index (χ2n) is 17.5. The second-order valence-corrected chi connectivity index (χ2v) is 17.5. The minimum absolute atomic E-state index is 0.213. The Kier molecular flexibility index (Phi) is 9.74. The van der Waals surface area contributed by atoms with Crippen LogP contribution in [0.2, 0.25) is 0 Å². The number of benzene rings is 2. The highest BCUT2D eigenvalue weighted by Gasteiger charge is 2.62. The van der Waals surface area contributed by atoms with Crippen LogP contribution in [0, 0.1) is 19.3 Å². The van der Waals surface area contributed by atoms with E-state index in [1.54, 1.807) is 11.9 Å². The maximum atomic E-state index is 16.1. The third-order valence-electron chi connectivity index (χ3n) is 13.5. The second kappa shape index (κ2) is 15.1. The van der Waals surface area contributed by atoms with Gasteiger partial charge in [0, 0.05) is 88.4 Å². The number of hydrogen-bond acceptors (Lipinski definition) is 10. The highest BCUT2D eigenvalue weighted by atomic mass is 19.3. The molecule has 322 valence electrons. The maximum Gasteiger partial charge on any atom is 0.328 e. The molecule has 4 fully saturated rings. The number of aryl methyl sites for hydroxylation is 1. The van der Waals surface area contributed by atoms with Crippen LogP contribution in [0.3, 0.4) is 0 Å². The number of imide groups is 1. The molecule has 1 spiro atoms. The summed E-state index contributed by atoms with van der Waals surface area (Å²) in [6.45, 7) is 6.54. The number of rotatable bonds is 10. The average Bonchev–Trinajstić information content (AvgIpc) is 3.55. The molecule has 1 saturated carbocycles. The fraction of sp³-hybridized carbons (Fsp3) is 0.422. The van der Waals surface area contributed by atoms with E-state index in [9.17, 15) is 18.8 Å². The lowest BCUT2D eigenvalue weighted by Gasteiger charge is -2.57. The van der Waals surface area contributed by atoms with E-state index >= 15 is 8.78 Å². The number of pyridine rings is 1. The third kappa shape index (κ3) is 6.90. The molecule has 62 heavy (non-hydrogen) atoms. The van der Waals surface area contributed by atoms with E-state index in [0.717, 1.165) is 51.2 Å². The zero-order valence-corrected chi connectivity index (χ0v) is 34.8. The summed E-state index contributed by atoms with van der Waals surface area (Å²) in [5.41, 5.74) is 8.68. The van der Waals surface area contributed by atoms with Crippen LogP contribution in [0.4, 0.5) is 40.8 Å². The number of hydrogen-bond donors (Lipinski definition) is 3. The van der Waals surface area contributed by atoms with Gasteiger partial charge in [-0.1, -0.05) is 24.3 Å². The van der Waals surface area contributed by atoms with Crippen LogP contribution in [0.5, 0.6) is 0 Å². The van der Waals surface area contributed by atoms with Crippen LogP contribution in [0.15, 0.2) is 60.9 Å². The molecular formula is C45H48F3N11O3. The SMILES string of the molecule is CNc1cc(N2CCc3c(-c4ccc(CN5CC6(CCN(Cc7c(C)ccc(N8CCC(=O)NC8=O)c7C)CC6(F)F)C5)cn4)cccc32)nn2c(C(=O)NC3C[C@@H]3F)cnc12. The summed E-state index contributed by atoms with van der Waals surface area (Å²) in [5, 5.41) is 13.1. The number of anilines is 4. The Balaban J connectivity index is 0.788. The van der Waals surface area contributed by atoms with Crippen LogP contribution in [-0.4, -0.2) is 112 Å². The Morgan fingerprint density at radius 2 is 1.73 bits per heavy atom. The molecule has 3 N–H and O–H groups in total. The Hall–Kier alpha value is -6.07. The summed E-state index contributed by atoms with van der Waals surface area (Å²) in [4.78, 5) is 54.2. The zero-order valence-electron chi connectivity index (χ0n) is 34.8. The third-order valence-corrected chi connectivity index (χ3v) is 13.5. The lowest BCUT2D eigenvalue weighted by atomic mass is 9.69. The number of halogens is 3. The molecule has 4 amide bonds. The quantitative estimate of drug-likeness (QED) is 0.159. The molecule has 2 atom stereocenters. The molecule has 1 aliphatic carbocycles. The normalized spacial score (nSPS) is 21.8. The van der Waals surface area contributed by atoms with Crippen LogP contribution in [-0.2, 0) is 24.3 Å². The number of likely N-dealkylation sites (tertiary alicyclic amines) is 2. The zero-order chi connectivity index (χ0) is 43.1. The first kappa shape index (κ1) is 40.0. The first-order chi connectivity index (χ1) is 29.8. The van der Waals surface area contributed by atoms with Crippen molar-refractivity contribution in [2.75, 3.05) is 61.4 Å². The van der Waals surface area contributed by atoms with Crippen LogP contribution < -0.4 is 25.8 Å². The van der Waals surface area contributed by atoms with Gasteiger partial charge in [0.05, 0.1) is 35.6 Å². The molecule has 5 aromatic rings. The lowest BCUT2D eigenvalue weighted by Crippen LogP contribution is -2.69. The van der Waals surface area contributed by atoms with Crippen molar-refractivity contribution in [1.29, 1.82) is 0 Å². The van der Waals surface area contributed by atoms with Crippen molar-refractivity contribution in [3.05, 3.63) is 94.4 Å². The van der Waals surface area contributed by atoms with Crippen molar-refractivity contribution in [3.63, 3.8) is 0 Å². The van der Waals surface area contributed by atoms with E-state index in [2.05, 4.69) is 36.8 Å². The predicted octanol–water partition coefficient (Wildman–Crippen LogP) is 5.77. The molecule has 17 heteroatoms. The fourth-order valence-corrected chi connectivity index (χ4v) is 9.79. The summed E-state index contributed by atoms with van der Waals surface area (Å²) in [5.74, 6) is -2.97. The molecule has 3 saturated heterocycles. The first-order valence-corrected chi connectivity index (χ1v) is 21.2. The highest BCUT2D eigenvalue weighted by molar-refractivity contribution is 6.06. The number of nitrogens with zero attached hydrogens (tertiary/aromatic N) is 8. The number of piperidine rings is 1. The maximum absolute atomic E-state index is 16.1. The van der Waals surface area contributed by atoms with Crippen molar-refractivity contribution in [2.45, 2.75) is 70.8 Å². The fourth-order valence-electron chi connectivity index (χ4n) is 9.79. The summed E-state index contributed by atoms with van der Waals surface area (Å²) in [7, 11) is 1.78. The molecule has 3 aromatic heterocycles. The molecule has 5 aliphatic rings. The van der Waals surface area contributed by atoms with Gasteiger partial charge in [-0.2, -0.15) is 0 Å². The summed E-state index contributed by atoms with van der Waals surface area (Å²) in [6, 6.07) is 14.8. The molecule has 14 nitrogen and oxygen atoms in total. The molecule has 4 aliphatic heterocycles. The minimum atomic E-state index is -2.88. The van der Waals surface area contributed by atoms with Gasteiger partial charge in [0.1, 0.15) is 6.17 Å². The van der Waals surface area contributed by atoms with Crippen LogP contribution >= 0.6 is 0 Å². The van der Waals surface area contributed by atoms with E-state index in [0.29, 0.717) is 74.9 Å². The molecule has 10 rings (SSSR count). The number of imidazole rings is 1. The largest absolute Gasteiger partial charge is 0.385 e. The van der Waals surface area contributed by atoms with Gasteiger partial charge in [-0.3, -0.25) is 34.6 Å². The molecule has 2 aromatic carbocycles. The molecular weight excluding hydrogens is 800 g/mol. The standard InChI is InChI=1S/C45H48F3N11O3/c1-26-7-10-36(58-15-12-40(60)53-43(58)62)27(2)31(26)22-55-16-13-44(45(47,48)25-55)23-56(24-44)21-28-8-9-33(50-19-28)29-5-4-6-37-30(29)11-14-57(37)39-18-35(49-3)41-51-20-38(59(41)54-39)42(61)52-34-17-32(34)46/h4-10,18-20,32,34,49H,11-17,21-25H2,1-3H3,(H,52,61)(H,53,60,62)/t32-,34?/m0/s1. The Morgan fingerprint density at radius 1 is 0.919 bits per heavy atom. The first-order valence-electron chi connectivity index (χ1n) is 21.2. The molecule has 1 unspecified atom stereocenters. The van der Waals surface area contributed by atoms with E-state index in [-0.39, 0.29) is 31.1 Å². The van der Waals surface area contributed by atoms with Gasteiger partial charge in [0.15, 0.2) is 17.2 Å². The smallest absolute Gasteiger partial charge is 0.328 e. The number of carbonyl (C=O) groups excluding carboxylic acids is 3. The Labute approximate surface area is 356 Å². The van der Waals surface area contributed by atoms with Crippen molar-refractivity contribution < 1.29 is 27.6 Å². The molecule has 0 radical (unpaired) electrons. The van der Waals surface area contributed by atoms with Crippen LogP contribution in [0.25, 0.3) is 16.9 Å². The van der Waals surface area contributed by atoms with Crippen molar-refractivity contribution in [2.24, 2.45) is 5.41 Å². The van der Waals surface area contributed by atoms with E-state index in [1.807, 2.05) is 67.4 Å². The van der Waals surface area contributed by atoms with Crippen LogP contribution in [0.1, 0.15) is 57.6 Å².